The van der Waals surface area contributed by atoms with Crippen LogP contribution in [0, 0.1) is 0 Å². The summed E-state index contributed by atoms with van der Waals surface area (Å²) in [6.45, 7) is 0. The molecule has 144 heavy (non-hydrogen) atoms. The number of fused-ring (bicyclic) bond motifs is 36. The highest BCUT2D eigenvalue weighted by Gasteiger charge is 2.31. The number of aromatic nitrogens is 16. The zero-order valence-corrected chi connectivity index (χ0v) is 77.3. The maximum Gasteiger partial charge on any atom is 0.234 e. The van der Waals surface area contributed by atoms with Crippen molar-refractivity contribution in [1.29, 1.82) is 0 Å². The fourth-order valence-electron chi connectivity index (χ4n) is 23.1. The summed E-state index contributed by atoms with van der Waals surface area (Å²) < 4.78 is 18.5. The maximum atomic E-state index is 4.71. The number of nitrogens with zero attached hydrogens (tertiary/aromatic N) is 16. The summed E-state index contributed by atoms with van der Waals surface area (Å²) in [5.74, 6) is 2.70. The van der Waals surface area contributed by atoms with Gasteiger partial charge in [0.15, 0.2) is 0 Å². The van der Waals surface area contributed by atoms with Gasteiger partial charge in [-0.25, -0.2) is 39.9 Å². The summed E-state index contributed by atoms with van der Waals surface area (Å²) in [7, 11) is 0. The Labute approximate surface area is 821 Å². The van der Waals surface area contributed by atoms with Crippen LogP contribution in [0.5, 0.6) is 0 Å². The van der Waals surface area contributed by atoms with E-state index in [1.807, 2.05) is 61.4 Å². The first-order chi connectivity index (χ1) is 71.6. The third-order valence-corrected chi connectivity index (χ3v) is 28.8. The van der Waals surface area contributed by atoms with E-state index in [2.05, 4.69) is 469 Å². The van der Waals surface area contributed by atoms with Gasteiger partial charge in [-0.05, 0) is 177 Å². The SMILES string of the molecule is c1ccc(-n2c3ccccc3c3c4ccccc4c4c(c5ccccc5n4-c4ncccn4)c32)cc1.c1ccc(-n2c3ccccc3c3c4ccccc4c4c5ccccc5n(-c5ncccn5)c4c32)cc1.c1ccc(-n2c3ccccc3c3cc4c(cc32)c2cc3ccccc3cc2n4-c2ncccn2)cc1.c1ccc(-n2c3ccccc3c3ccc4c5c6ccccc6ccc5n(-c5ncccn5)c4c32)cc1. The van der Waals surface area contributed by atoms with Crippen LogP contribution in [0.4, 0.5) is 0 Å². The van der Waals surface area contributed by atoms with E-state index in [0.717, 1.165) is 72.4 Å². The first-order valence-electron chi connectivity index (χ1n) is 48.4. The van der Waals surface area contributed by atoms with Crippen molar-refractivity contribution in [2.24, 2.45) is 0 Å². The lowest BCUT2D eigenvalue weighted by Crippen LogP contribution is -2.02. The summed E-state index contributed by atoms with van der Waals surface area (Å²) in [5, 5.41) is 29.3. The van der Waals surface area contributed by atoms with Crippen LogP contribution in [-0.4, -0.2) is 76.4 Å². The molecule has 32 rings (SSSR count). The van der Waals surface area contributed by atoms with Gasteiger partial charge in [-0.3, -0.25) is 18.3 Å². The molecule has 20 aromatic carbocycles. The van der Waals surface area contributed by atoms with Gasteiger partial charge in [-0.2, -0.15) is 0 Å². The second-order valence-electron chi connectivity index (χ2n) is 36.5. The fourth-order valence-corrected chi connectivity index (χ4v) is 23.1. The summed E-state index contributed by atoms with van der Waals surface area (Å²) in [6.07, 6.45) is 14.5. The Hall–Kier alpha value is -19.8. The van der Waals surface area contributed by atoms with Crippen LogP contribution in [0.25, 0.3) is 264 Å². The van der Waals surface area contributed by atoms with E-state index in [1.165, 1.54) is 168 Å². The maximum absolute atomic E-state index is 4.71. The van der Waals surface area contributed by atoms with E-state index in [4.69, 9.17) is 19.9 Å². The van der Waals surface area contributed by atoms with Crippen molar-refractivity contribution < 1.29 is 0 Å². The van der Waals surface area contributed by atoms with Gasteiger partial charge in [-0.15, -0.1) is 0 Å². The van der Waals surface area contributed by atoms with E-state index >= 15 is 0 Å². The zero-order chi connectivity index (χ0) is 94.6. The second kappa shape index (κ2) is 33.0. The van der Waals surface area contributed by atoms with E-state index in [9.17, 15) is 0 Å². The smallest absolute Gasteiger partial charge is 0.234 e. The fraction of sp³-hybridized carbons (Fsp3) is 0. The van der Waals surface area contributed by atoms with Gasteiger partial charge in [0, 0.05) is 164 Å². The Morgan fingerprint density at radius 2 is 0.396 bits per heavy atom. The molecule has 0 aliphatic heterocycles. The number of rotatable bonds is 8. The van der Waals surface area contributed by atoms with Crippen LogP contribution in [-0.2, 0) is 0 Å². The summed E-state index contributed by atoms with van der Waals surface area (Å²) in [5.41, 5.74) is 22.9. The minimum Gasteiger partial charge on any atom is -0.309 e. The molecule has 32 aromatic rings. The lowest BCUT2D eigenvalue weighted by atomic mass is 9.98. The minimum atomic E-state index is 0.671. The minimum absolute atomic E-state index is 0.671. The van der Waals surface area contributed by atoms with Crippen LogP contribution in [0.3, 0.4) is 0 Å². The van der Waals surface area contributed by atoms with Gasteiger partial charge < -0.3 is 18.3 Å². The van der Waals surface area contributed by atoms with Crippen LogP contribution in [0.15, 0.2) is 486 Å². The quantitative estimate of drug-likeness (QED) is 0.146. The van der Waals surface area contributed by atoms with Crippen LogP contribution >= 0.6 is 0 Å². The van der Waals surface area contributed by atoms with Crippen LogP contribution in [0.2, 0.25) is 0 Å². The van der Waals surface area contributed by atoms with Crippen molar-refractivity contribution in [1.82, 2.24) is 76.4 Å². The zero-order valence-electron chi connectivity index (χ0n) is 77.3. The van der Waals surface area contributed by atoms with E-state index in [1.54, 1.807) is 12.4 Å². The highest BCUT2D eigenvalue weighted by Crippen LogP contribution is 2.51. The van der Waals surface area contributed by atoms with Gasteiger partial charge in [-0.1, -0.05) is 297 Å². The molecule has 0 radical (unpaired) electrons. The predicted molar refractivity (Wildman–Crippen MR) is 593 cm³/mol. The Kier molecular flexibility index (Phi) is 18.6. The Balaban J connectivity index is 0.0000000913. The molecule has 0 fully saturated rings. The molecule has 12 aromatic heterocycles. The van der Waals surface area contributed by atoms with Gasteiger partial charge in [0.25, 0.3) is 0 Å². The van der Waals surface area contributed by atoms with E-state index in [-0.39, 0.29) is 0 Å². The Morgan fingerprint density at radius 3 is 0.882 bits per heavy atom. The lowest BCUT2D eigenvalue weighted by molar-refractivity contribution is 0.988. The Morgan fingerprint density at radius 1 is 0.118 bits per heavy atom. The normalized spacial score (nSPS) is 11.9. The average Bonchev–Trinajstić information content (AvgIpc) is 1.53. The van der Waals surface area contributed by atoms with E-state index < -0.39 is 0 Å². The van der Waals surface area contributed by atoms with Gasteiger partial charge in [0.05, 0.1) is 88.3 Å². The first kappa shape index (κ1) is 81.3. The molecule has 16 heteroatoms. The summed E-state index contributed by atoms with van der Waals surface area (Å²) in [4.78, 5) is 37.5. The number of hydrogen-bond donors (Lipinski definition) is 0. The van der Waals surface area contributed by atoms with Gasteiger partial charge in [0.2, 0.25) is 23.8 Å². The number of hydrogen-bond acceptors (Lipinski definition) is 8. The monoisotopic (exact) mass is 1840 g/mol. The largest absolute Gasteiger partial charge is 0.309 e. The molecule has 0 spiro atoms. The molecule has 16 nitrogen and oxygen atoms in total. The van der Waals surface area contributed by atoms with Crippen molar-refractivity contribution in [2.75, 3.05) is 0 Å². The lowest BCUT2D eigenvalue weighted by Gasteiger charge is -2.12. The third kappa shape index (κ3) is 12.4. The van der Waals surface area contributed by atoms with Crippen LogP contribution in [0.1, 0.15) is 0 Å². The molecule has 0 atom stereocenters. The number of benzene rings is 20. The number of para-hydroxylation sites is 10. The standard InChI is InChI=1S/4C32H20N4/c1-2-11-21(12-3-1)35-26-17-8-6-15-24(26)28-22-13-4-5-14-23(22)30-29(31(28)35)25-16-7-9-18-27(25)36(30)32-33-19-10-20-34-32;1-2-11-21(12-3-1)35-26-17-8-6-15-24(26)28-22-13-4-5-14-23(22)29-25-16-7-9-18-27(25)36(31(29)30(28)35)32-33-19-10-20-34-32;1-2-11-23(12-3-1)35-28-14-7-6-13-24(28)26-19-31-27(20-30(26)35)25-17-21-9-4-5-10-22(21)18-29(25)36(31)32-33-15-8-16-34-32;1-2-10-22(11-3-1)35-27-14-7-6-13-24(27)25-16-17-26-29-23-12-5-4-9-21(23)15-18-28(29)36(31(26)30(25)35)32-33-19-8-20-34-32/h4*1-20H. The molecule has 0 N–H and O–H groups in total. The first-order valence-corrected chi connectivity index (χ1v) is 48.4. The molecule has 0 aliphatic carbocycles. The van der Waals surface area contributed by atoms with E-state index in [0.29, 0.717) is 23.8 Å². The predicted octanol–water partition coefficient (Wildman–Crippen LogP) is 31.3. The molecule has 0 bridgehead atoms. The van der Waals surface area contributed by atoms with Crippen molar-refractivity contribution >= 4 is 218 Å². The third-order valence-electron chi connectivity index (χ3n) is 28.8. The van der Waals surface area contributed by atoms with Gasteiger partial charge in [0.1, 0.15) is 0 Å². The molecule has 0 saturated heterocycles. The molecule has 0 saturated carbocycles. The molecule has 0 amide bonds. The summed E-state index contributed by atoms with van der Waals surface area (Å²) in [6, 6.07) is 155. The molecule has 12 heterocycles. The molecule has 672 valence electrons. The Bertz CT molecular complexity index is 10600. The molecular weight excluding hydrogens is 1760 g/mol. The average molecular weight is 1840 g/mol. The van der Waals surface area contributed by atoms with Crippen molar-refractivity contribution in [3.05, 3.63) is 486 Å². The topological polar surface area (TPSA) is 143 Å². The molecular formula is C128H80N16. The van der Waals surface area contributed by atoms with Crippen LogP contribution < -0.4 is 0 Å². The highest BCUT2D eigenvalue weighted by atomic mass is 15.2. The van der Waals surface area contributed by atoms with Crippen molar-refractivity contribution in [3.63, 3.8) is 0 Å². The highest BCUT2D eigenvalue weighted by molar-refractivity contribution is 6.39. The van der Waals surface area contributed by atoms with Gasteiger partial charge >= 0.3 is 0 Å². The molecule has 0 aliphatic rings. The second-order valence-corrected chi connectivity index (χ2v) is 36.5. The van der Waals surface area contributed by atoms with Crippen molar-refractivity contribution in [2.45, 2.75) is 0 Å². The van der Waals surface area contributed by atoms with Crippen molar-refractivity contribution in [3.8, 4) is 46.5 Å². The summed E-state index contributed by atoms with van der Waals surface area (Å²) >= 11 is 0. The molecule has 0 unspecified atom stereocenters.